The molecule has 0 radical (unpaired) electrons. The van der Waals surface area contributed by atoms with Gasteiger partial charge >= 0.3 is 6.18 Å². The monoisotopic (exact) mass is 474 g/mol. The van der Waals surface area contributed by atoms with Crippen LogP contribution in [0.3, 0.4) is 0 Å². The Labute approximate surface area is 197 Å². The van der Waals surface area contributed by atoms with Crippen LogP contribution in [0.1, 0.15) is 63.0 Å². The topological polar surface area (TPSA) is 76.4 Å². The van der Waals surface area contributed by atoms with E-state index in [0.29, 0.717) is 44.6 Å². The number of alkyl halides is 3. The van der Waals surface area contributed by atoms with E-state index in [9.17, 15) is 22.8 Å². The second-order valence-corrected chi connectivity index (χ2v) is 10.8. The number of nitriles is 1. The van der Waals surface area contributed by atoms with Crippen molar-refractivity contribution in [3.8, 4) is 6.07 Å². The summed E-state index contributed by atoms with van der Waals surface area (Å²) < 4.78 is 40.2. The molecule has 0 bridgehead atoms. The summed E-state index contributed by atoms with van der Waals surface area (Å²) in [4.78, 5) is 30.0. The quantitative estimate of drug-likeness (QED) is 0.720. The minimum absolute atomic E-state index is 0.0599. The van der Waals surface area contributed by atoms with Crippen LogP contribution in [0.4, 0.5) is 18.9 Å². The van der Waals surface area contributed by atoms with E-state index in [2.05, 4.69) is 5.32 Å². The highest BCUT2D eigenvalue weighted by atomic mass is 19.4. The number of benzene rings is 1. The lowest BCUT2D eigenvalue weighted by Gasteiger charge is -2.40. The largest absolute Gasteiger partial charge is 0.417 e. The van der Waals surface area contributed by atoms with Crippen molar-refractivity contribution in [2.24, 2.45) is 10.8 Å². The van der Waals surface area contributed by atoms with Gasteiger partial charge in [0.15, 0.2) is 0 Å². The van der Waals surface area contributed by atoms with Crippen LogP contribution in [0.25, 0.3) is 0 Å². The molecule has 1 aromatic carbocycles. The highest BCUT2D eigenvalue weighted by Crippen LogP contribution is 2.51. The fraction of sp³-hybridized carbons (Fsp3) is 0.640. The van der Waals surface area contributed by atoms with Crippen molar-refractivity contribution in [1.29, 1.82) is 5.26 Å². The van der Waals surface area contributed by atoms with Crippen molar-refractivity contribution in [3.05, 3.63) is 29.3 Å². The Bertz CT molecular complexity index is 1050. The summed E-state index contributed by atoms with van der Waals surface area (Å²) in [6.45, 7) is 3.57. The molecule has 5 rings (SSSR count). The van der Waals surface area contributed by atoms with Gasteiger partial charge in [0, 0.05) is 36.8 Å². The van der Waals surface area contributed by atoms with Gasteiger partial charge in [-0.1, -0.05) is 6.92 Å². The number of piperidine rings is 1. The van der Waals surface area contributed by atoms with Gasteiger partial charge in [-0.3, -0.25) is 9.59 Å². The Kier molecular flexibility index (Phi) is 5.34. The summed E-state index contributed by atoms with van der Waals surface area (Å²) >= 11 is 0. The average molecular weight is 475 g/mol. The van der Waals surface area contributed by atoms with E-state index < -0.39 is 17.8 Å². The first-order valence-electron chi connectivity index (χ1n) is 12.0. The van der Waals surface area contributed by atoms with E-state index in [1.807, 2.05) is 11.8 Å². The lowest BCUT2D eigenvalue weighted by Crippen LogP contribution is -2.48. The number of hydrogen-bond acceptors (Lipinski definition) is 4. The highest BCUT2D eigenvalue weighted by Gasteiger charge is 2.55. The lowest BCUT2D eigenvalue weighted by atomic mass is 9.76. The van der Waals surface area contributed by atoms with Crippen molar-refractivity contribution in [3.63, 3.8) is 0 Å². The Morgan fingerprint density at radius 2 is 1.82 bits per heavy atom. The number of anilines is 1. The molecule has 6 nitrogen and oxygen atoms in total. The molecule has 2 amide bonds. The summed E-state index contributed by atoms with van der Waals surface area (Å²) in [7, 11) is 0. The number of halogens is 3. The number of nitrogens with zero attached hydrogens (tertiary/aromatic N) is 3. The lowest BCUT2D eigenvalue weighted by molar-refractivity contribution is -0.142. The predicted molar refractivity (Wildman–Crippen MR) is 119 cm³/mol. The van der Waals surface area contributed by atoms with Crippen LogP contribution in [0.5, 0.6) is 0 Å². The molecule has 2 heterocycles. The number of likely N-dealkylation sites (tertiary alicyclic amines) is 1. The average Bonchev–Trinajstić information content (AvgIpc) is 3.73. The molecule has 4 aliphatic rings. The van der Waals surface area contributed by atoms with Gasteiger partial charge in [-0.2, -0.15) is 18.4 Å². The van der Waals surface area contributed by atoms with Gasteiger partial charge in [0.1, 0.15) is 6.04 Å². The van der Waals surface area contributed by atoms with Crippen LogP contribution in [0.15, 0.2) is 18.2 Å². The SMILES string of the molecule is CC1(C(=O)N2CC3(CCN(c4ccc(C#N)c(C(F)(F)F)c4)CC3)CC2C(=O)NC2CC2)CC1. The van der Waals surface area contributed by atoms with Gasteiger partial charge in [-0.05, 0) is 68.6 Å². The molecule has 4 fully saturated rings. The number of rotatable bonds is 4. The normalized spacial score (nSPS) is 25.2. The summed E-state index contributed by atoms with van der Waals surface area (Å²) in [5.41, 5.74) is -1.42. The summed E-state index contributed by atoms with van der Waals surface area (Å²) in [6, 6.07) is 5.23. The van der Waals surface area contributed by atoms with E-state index >= 15 is 0 Å². The first-order chi connectivity index (χ1) is 16.0. The highest BCUT2D eigenvalue weighted by molar-refractivity contribution is 5.92. The van der Waals surface area contributed by atoms with E-state index in [4.69, 9.17) is 5.26 Å². The van der Waals surface area contributed by atoms with Crippen molar-refractivity contribution in [2.45, 2.75) is 70.1 Å². The zero-order chi connectivity index (χ0) is 24.3. The van der Waals surface area contributed by atoms with Crippen molar-refractivity contribution in [2.75, 3.05) is 24.5 Å². The molecule has 1 aromatic rings. The fourth-order valence-corrected chi connectivity index (χ4v) is 5.44. The number of carbonyl (C=O) groups excluding carboxylic acids is 2. The molecule has 34 heavy (non-hydrogen) atoms. The van der Waals surface area contributed by atoms with E-state index in [-0.39, 0.29) is 34.2 Å². The molecule has 182 valence electrons. The van der Waals surface area contributed by atoms with E-state index in [1.165, 1.54) is 6.07 Å². The van der Waals surface area contributed by atoms with Gasteiger partial charge in [-0.25, -0.2) is 0 Å². The molecule has 2 saturated carbocycles. The van der Waals surface area contributed by atoms with E-state index in [0.717, 1.165) is 31.7 Å². The summed E-state index contributed by atoms with van der Waals surface area (Å²) in [6.07, 6.45) is 1.06. The maximum atomic E-state index is 13.4. The fourth-order valence-electron chi connectivity index (χ4n) is 5.44. The predicted octanol–water partition coefficient (Wildman–Crippen LogP) is 3.84. The number of nitrogens with one attached hydrogen (secondary N) is 1. The Balaban J connectivity index is 1.32. The standard InChI is InChI=1S/C25H29F3N4O2/c1-23(6-7-23)22(34)32-15-24(13-20(32)21(33)30-17-3-4-17)8-10-31(11-9-24)18-5-2-16(14-29)19(12-18)25(26,27)28/h2,5,12,17,20H,3-4,6-11,13,15H2,1H3,(H,30,33). The molecule has 9 heteroatoms. The number of hydrogen-bond donors (Lipinski definition) is 1. The molecular formula is C25H29F3N4O2. The zero-order valence-electron chi connectivity index (χ0n) is 19.2. The third kappa shape index (κ3) is 4.23. The van der Waals surface area contributed by atoms with Gasteiger partial charge < -0.3 is 15.1 Å². The molecule has 1 atom stereocenters. The minimum atomic E-state index is -4.59. The van der Waals surface area contributed by atoms with Crippen LogP contribution >= 0.6 is 0 Å². The maximum absolute atomic E-state index is 13.4. The first kappa shape index (κ1) is 23.0. The first-order valence-corrected chi connectivity index (χ1v) is 12.0. The number of amides is 2. The molecule has 2 aliphatic heterocycles. The van der Waals surface area contributed by atoms with Crippen molar-refractivity contribution < 1.29 is 22.8 Å². The second kappa shape index (κ2) is 7.89. The van der Waals surface area contributed by atoms with Gasteiger partial charge in [-0.15, -0.1) is 0 Å². The molecular weight excluding hydrogens is 445 g/mol. The van der Waals surface area contributed by atoms with Gasteiger partial charge in [0.2, 0.25) is 11.8 Å². The molecule has 2 saturated heterocycles. The summed E-state index contributed by atoms with van der Waals surface area (Å²) in [5.74, 6) is -0.00835. The molecule has 0 aromatic heterocycles. The zero-order valence-corrected chi connectivity index (χ0v) is 19.2. The number of carbonyl (C=O) groups is 2. The van der Waals surface area contributed by atoms with Crippen LogP contribution < -0.4 is 10.2 Å². The molecule has 1 N–H and O–H groups in total. The van der Waals surface area contributed by atoms with Crippen molar-refractivity contribution >= 4 is 17.5 Å². The van der Waals surface area contributed by atoms with Crippen LogP contribution in [-0.4, -0.2) is 48.4 Å². The molecule has 1 spiro atoms. The van der Waals surface area contributed by atoms with Crippen LogP contribution in [0.2, 0.25) is 0 Å². The second-order valence-electron chi connectivity index (χ2n) is 10.8. The maximum Gasteiger partial charge on any atom is 0.417 e. The third-order valence-corrected chi connectivity index (χ3v) is 8.13. The smallest absolute Gasteiger partial charge is 0.371 e. The van der Waals surface area contributed by atoms with Crippen LogP contribution in [-0.2, 0) is 15.8 Å². The molecule has 1 unspecified atom stereocenters. The Hall–Kier alpha value is -2.76. The van der Waals surface area contributed by atoms with Crippen LogP contribution in [0, 0.1) is 22.2 Å². The van der Waals surface area contributed by atoms with Gasteiger partial charge in [0.05, 0.1) is 17.2 Å². The van der Waals surface area contributed by atoms with Crippen molar-refractivity contribution in [1.82, 2.24) is 10.2 Å². The minimum Gasteiger partial charge on any atom is -0.371 e. The Morgan fingerprint density at radius 3 is 2.38 bits per heavy atom. The van der Waals surface area contributed by atoms with E-state index in [1.54, 1.807) is 17.0 Å². The Morgan fingerprint density at radius 1 is 1.15 bits per heavy atom. The van der Waals surface area contributed by atoms with Gasteiger partial charge in [0.25, 0.3) is 0 Å². The third-order valence-electron chi connectivity index (χ3n) is 8.13. The molecule has 2 aliphatic carbocycles. The summed E-state index contributed by atoms with van der Waals surface area (Å²) in [5, 5.41) is 12.1.